The van der Waals surface area contributed by atoms with E-state index in [4.69, 9.17) is 23.7 Å². The van der Waals surface area contributed by atoms with Gasteiger partial charge in [0.2, 0.25) is 0 Å². The van der Waals surface area contributed by atoms with Crippen LogP contribution < -0.4 is 14.2 Å². The van der Waals surface area contributed by atoms with E-state index in [2.05, 4.69) is 0 Å². The highest BCUT2D eigenvalue weighted by molar-refractivity contribution is 5.92. The van der Waals surface area contributed by atoms with Gasteiger partial charge in [-0.25, -0.2) is 9.59 Å². The molecule has 13 N–H and O–H groups in total. The molecule has 328 valence electrons. The Hall–Kier alpha value is -8.94. The molecule has 0 aromatic heterocycles. The van der Waals surface area contributed by atoms with Crippen molar-refractivity contribution in [1.82, 2.24) is 0 Å². The van der Waals surface area contributed by atoms with Crippen molar-refractivity contribution in [1.29, 1.82) is 0 Å². The minimum atomic E-state index is -2.47. The Labute approximate surface area is 357 Å². The summed E-state index contributed by atoms with van der Waals surface area (Å²) in [7, 11) is 0. The highest BCUT2D eigenvalue weighted by Gasteiger charge is 2.63. The fraction of sp³-hybridized carbons (Fsp3) is 0.136. The highest BCUT2D eigenvalue weighted by atomic mass is 16.7. The number of esters is 2. The summed E-state index contributed by atoms with van der Waals surface area (Å²) in [5.41, 5.74) is -1.39. The van der Waals surface area contributed by atoms with E-state index in [1.165, 1.54) is 12.1 Å². The molecule has 0 spiro atoms. The van der Waals surface area contributed by atoms with E-state index in [-0.39, 0.29) is 45.1 Å². The number of phenolic OH excluding ortho intramolecular Hbond substituents is 13. The maximum atomic E-state index is 14.1. The van der Waals surface area contributed by atoms with Crippen LogP contribution in [-0.2, 0) is 21.7 Å². The lowest BCUT2D eigenvalue weighted by molar-refractivity contribution is -0.219. The first-order valence-electron chi connectivity index (χ1n) is 18.8. The van der Waals surface area contributed by atoms with Gasteiger partial charge in [-0.2, -0.15) is 0 Å². The number of carbonyl (C=O) groups excluding carboxylic acids is 2. The van der Waals surface area contributed by atoms with Crippen LogP contribution in [0.25, 0.3) is 0 Å². The third kappa shape index (κ3) is 6.30. The van der Waals surface area contributed by atoms with Crippen LogP contribution in [0.5, 0.6) is 92.0 Å². The fourth-order valence-electron chi connectivity index (χ4n) is 8.13. The lowest BCUT2D eigenvalue weighted by atomic mass is 9.74. The standard InChI is InChI=1S/C44H32O20/c45-19-11-26(51)34-31(12-19)63-44(18-2-4-22(47)25(50)10-18)41(62-43(59)17-8-29(54)38(57)30(55)9-17)36(34)35-32(64-44)14-23(48)20-13-33(60-42(58)16-6-27(52)37(56)28(53)7-16)39(61-40(20)35)15-1-3-21(46)24(49)5-15/h1-12,14,33,36,39,41,45-57H,13H2/t33-,36-,39-,41-,44+/m1/s1. The van der Waals surface area contributed by atoms with Gasteiger partial charge in [-0.1, -0.05) is 6.07 Å². The zero-order chi connectivity index (χ0) is 45.7. The monoisotopic (exact) mass is 880 g/mol. The van der Waals surface area contributed by atoms with Gasteiger partial charge in [0, 0.05) is 52.4 Å². The van der Waals surface area contributed by atoms with Crippen LogP contribution in [0.15, 0.2) is 78.9 Å². The van der Waals surface area contributed by atoms with Gasteiger partial charge in [0.05, 0.1) is 17.0 Å². The Kier molecular flexibility index (Phi) is 9.06. The predicted molar refractivity (Wildman–Crippen MR) is 211 cm³/mol. The van der Waals surface area contributed by atoms with Gasteiger partial charge < -0.3 is 90.1 Å². The maximum absolute atomic E-state index is 14.1. The molecule has 6 aromatic carbocycles. The average molecular weight is 881 g/mol. The molecule has 0 amide bonds. The molecule has 0 fully saturated rings. The highest BCUT2D eigenvalue weighted by Crippen LogP contribution is 2.63. The minimum Gasteiger partial charge on any atom is -0.508 e. The molecule has 3 heterocycles. The van der Waals surface area contributed by atoms with Gasteiger partial charge in [-0.05, 0) is 54.6 Å². The Bertz CT molecular complexity index is 2940. The van der Waals surface area contributed by atoms with Crippen LogP contribution in [0.2, 0.25) is 0 Å². The van der Waals surface area contributed by atoms with Gasteiger partial charge in [0.1, 0.15) is 40.6 Å². The van der Waals surface area contributed by atoms with Crippen molar-refractivity contribution in [2.24, 2.45) is 0 Å². The topological polar surface area (TPSA) is 343 Å². The van der Waals surface area contributed by atoms with Gasteiger partial charge in [0.25, 0.3) is 0 Å². The summed E-state index contributed by atoms with van der Waals surface area (Å²) in [6, 6.07) is 13.1. The lowest BCUT2D eigenvalue weighted by Gasteiger charge is -2.51. The van der Waals surface area contributed by atoms with E-state index in [1.807, 2.05) is 0 Å². The number of rotatable bonds is 6. The predicted octanol–water partition coefficient (Wildman–Crippen LogP) is 4.76. The average Bonchev–Trinajstić information content (AvgIpc) is 3.23. The Balaban J connectivity index is 1.27. The van der Waals surface area contributed by atoms with Crippen LogP contribution in [-0.4, -0.2) is 90.5 Å². The number of carbonyl (C=O) groups is 2. The normalized spacial score (nSPS) is 20.2. The molecule has 0 radical (unpaired) electrons. The van der Waals surface area contributed by atoms with Crippen molar-refractivity contribution in [3.63, 3.8) is 0 Å². The smallest absolute Gasteiger partial charge is 0.339 e. The summed E-state index contributed by atoms with van der Waals surface area (Å²) in [6.45, 7) is 0. The number of fused-ring (bicyclic) bond motifs is 8. The third-order valence-corrected chi connectivity index (χ3v) is 11.1. The SMILES string of the molecule is O=C(O[C@@H]1[C@@H]2c3c(O)cc(O)cc3O[C@@]1(c1ccc(O)c(O)c1)Oc1cc(O)c3c(c12)O[C@H](c1ccc(O)c(O)c1)[C@H](OC(=O)c1cc(O)c(O)c(O)c1)C3)c1cc(O)c(O)c(O)c1. The van der Waals surface area contributed by atoms with Crippen molar-refractivity contribution in [3.05, 3.63) is 118 Å². The number of benzene rings is 6. The number of hydrogen-bond acceptors (Lipinski definition) is 20. The van der Waals surface area contributed by atoms with E-state index in [1.54, 1.807) is 0 Å². The number of ether oxygens (including phenoxy) is 5. The summed E-state index contributed by atoms with van der Waals surface area (Å²) < 4.78 is 31.5. The number of phenols is 13. The molecule has 20 heteroatoms. The minimum absolute atomic E-state index is 0.0629. The third-order valence-electron chi connectivity index (χ3n) is 11.1. The molecule has 5 atom stereocenters. The summed E-state index contributed by atoms with van der Waals surface area (Å²) in [6.07, 6.45) is -5.21. The zero-order valence-electron chi connectivity index (χ0n) is 32.2. The molecular weight excluding hydrogens is 848 g/mol. The van der Waals surface area contributed by atoms with Crippen molar-refractivity contribution >= 4 is 11.9 Å². The van der Waals surface area contributed by atoms with Gasteiger partial charge >= 0.3 is 17.7 Å². The molecule has 3 aliphatic heterocycles. The molecule has 0 saturated carbocycles. The summed E-state index contributed by atoms with van der Waals surface area (Å²) in [5.74, 6) is -16.9. The quantitative estimate of drug-likeness (QED) is 0.0792. The van der Waals surface area contributed by atoms with Gasteiger partial charge in [-0.3, -0.25) is 0 Å². The van der Waals surface area contributed by atoms with E-state index < -0.39 is 134 Å². The van der Waals surface area contributed by atoms with Crippen LogP contribution in [0, 0.1) is 0 Å². The maximum Gasteiger partial charge on any atom is 0.339 e. The summed E-state index contributed by atoms with van der Waals surface area (Å²) in [4.78, 5) is 27.7. The molecule has 20 nitrogen and oxygen atoms in total. The molecule has 0 aliphatic carbocycles. The molecule has 64 heavy (non-hydrogen) atoms. The Morgan fingerprint density at radius 3 is 1.66 bits per heavy atom. The van der Waals surface area contributed by atoms with Gasteiger partial charge in [-0.15, -0.1) is 0 Å². The van der Waals surface area contributed by atoms with Crippen molar-refractivity contribution in [3.8, 4) is 92.0 Å². The van der Waals surface area contributed by atoms with E-state index in [0.717, 1.165) is 66.7 Å². The molecule has 0 saturated heterocycles. The number of hydrogen-bond donors (Lipinski definition) is 13. The van der Waals surface area contributed by atoms with Crippen molar-refractivity contribution < 1.29 is 99.7 Å². The van der Waals surface area contributed by atoms with Gasteiger partial charge in [0.15, 0.2) is 69.7 Å². The van der Waals surface area contributed by atoms with Crippen LogP contribution >= 0.6 is 0 Å². The molecule has 2 bridgehead atoms. The Morgan fingerprint density at radius 1 is 0.531 bits per heavy atom. The molecule has 3 aliphatic rings. The van der Waals surface area contributed by atoms with E-state index >= 15 is 0 Å². The fourth-order valence-corrected chi connectivity index (χ4v) is 8.13. The number of aromatic hydroxyl groups is 13. The van der Waals surface area contributed by atoms with Crippen LogP contribution in [0.4, 0.5) is 0 Å². The first kappa shape index (κ1) is 40.5. The second kappa shape index (κ2) is 14.3. The summed E-state index contributed by atoms with van der Waals surface area (Å²) in [5, 5.41) is 136. The first-order chi connectivity index (χ1) is 30.3. The van der Waals surface area contributed by atoms with E-state index in [0.29, 0.717) is 0 Å². The van der Waals surface area contributed by atoms with Crippen molar-refractivity contribution in [2.75, 3.05) is 0 Å². The second-order valence-electron chi connectivity index (χ2n) is 15.0. The van der Waals surface area contributed by atoms with Crippen molar-refractivity contribution in [2.45, 2.75) is 36.4 Å². The first-order valence-corrected chi connectivity index (χ1v) is 18.8. The molecular formula is C44H32O20. The van der Waals surface area contributed by atoms with Crippen LogP contribution in [0.1, 0.15) is 60.6 Å². The van der Waals surface area contributed by atoms with E-state index in [9.17, 15) is 76.0 Å². The Morgan fingerprint density at radius 2 is 1.08 bits per heavy atom. The zero-order valence-corrected chi connectivity index (χ0v) is 32.2. The molecule has 9 rings (SSSR count). The molecule has 0 unspecified atom stereocenters. The summed E-state index contributed by atoms with van der Waals surface area (Å²) >= 11 is 0. The lowest BCUT2D eigenvalue weighted by Crippen LogP contribution is -2.59. The van der Waals surface area contributed by atoms with Crippen LogP contribution in [0.3, 0.4) is 0 Å². The largest absolute Gasteiger partial charge is 0.508 e. The second-order valence-corrected chi connectivity index (χ2v) is 15.0. The molecule has 6 aromatic rings.